The standard InChI is InChI=1S/C13H26N2O2/c1-11(15-8-5-6-9-15)12(16)14(4)10-7-13(2,3)17/h11,17H,5-10H2,1-4H3/t11-/m1/s1. The van der Waals surface area contributed by atoms with Gasteiger partial charge in [-0.05, 0) is 53.1 Å². The maximum absolute atomic E-state index is 12.1. The Bertz CT molecular complexity index is 255. The average molecular weight is 242 g/mol. The van der Waals surface area contributed by atoms with Crippen LogP contribution in [-0.2, 0) is 4.79 Å². The van der Waals surface area contributed by atoms with Gasteiger partial charge in [0.15, 0.2) is 0 Å². The largest absolute Gasteiger partial charge is 0.390 e. The number of hydrogen-bond acceptors (Lipinski definition) is 3. The minimum Gasteiger partial charge on any atom is -0.390 e. The van der Waals surface area contributed by atoms with Gasteiger partial charge in [-0.25, -0.2) is 0 Å². The molecule has 1 aliphatic rings. The second-order valence-electron chi connectivity index (χ2n) is 5.74. The number of aliphatic hydroxyl groups is 1. The van der Waals surface area contributed by atoms with Crippen LogP contribution in [0.5, 0.6) is 0 Å². The molecule has 0 radical (unpaired) electrons. The lowest BCUT2D eigenvalue weighted by molar-refractivity contribution is -0.135. The first-order valence-corrected chi connectivity index (χ1v) is 6.53. The number of likely N-dealkylation sites (tertiary alicyclic amines) is 1. The Morgan fingerprint density at radius 1 is 1.41 bits per heavy atom. The minimum atomic E-state index is -0.703. The number of hydrogen-bond donors (Lipinski definition) is 1. The van der Waals surface area contributed by atoms with Crippen LogP contribution < -0.4 is 0 Å². The molecule has 4 heteroatoms. The molecule has 4 nitrogen and oxygen atoms in total. The summed E-state index contributed by atoms with van der Waals surface area (Å²) in [5.41, 5.74) is -0.703. The molecule has 1 aliphatic heterocycles. The lowest BCUT2D eigenvalue weighted by Crippen LogP contribution is -2.45. The van der Waals surface area contributed by atoms with Gasteiger partial charge in [-0.15, -0.1) is 0 Å². The predicted octanol–water partition coefficient (Wildman–Crippen LogP) is 1.09. The van der Waals surface area contributed by atoms with Crippen LogP contribution in [0.25, 0.3) is 0 Å². The maximum Gasteiger partial charge on any atom is 0.239 e. The number of carbonyl (C=O) groups is 1. The van der Waals surface area contributed by atoms with Crippen molar-refractivity contribution in [3.63, 3.8) is 0 Å². The van der Waals surface area contributed by atoms with E-state index in [1.165, 1.54) is 12.8 Å². The van der Waals surface area contributed by atoms with E-state index in [9.17, 15) is 9.90 Å². The molecular formula is C13H26N2O2. The van der Waals surface area contributed by atoms with Crippen molar-refractivity contribution in [2.45, 2.75) is 51.7 Å². The first-order chi connectivity index (χ1) is 7.81. The van der Waals surface area contributed by atoms with Crippen molar-refractivity contribution in [2.75, 3.05) is 26.7 Å². The first-order valence-electron chi connectivity index (χ1n) is 6.53. The molecule has 1 atom stereocenters. The van der Waals surface area contributed by atoms with Crippen molar-refractivity contribution in [1.82, 2.24) is 9.80 Å². The zero-order valence-electron chi connectivity index (χ0n) is 11.6. The molecule has 17 heavy (non-hydrogen) atoms. The fourth-order valence-electron chi connectivity index (χ4n) is 2.16. The zero-order chi connectivity index (χ0) is 13.1. The lowest BCUT2D eigenvalue weighted by Gasteiger charge is -2.29. The van der Waals surface area contributed by atoms with Crippen molar-refractivity contribution in [3.05, 3.63) is 0 Å². The molecule has 1 N–H and O–H groups in total. The Hall–Kier alpha value is -0.610. The highest BCUT2D eigenvalue weighted by atomic mass is 16.3. The van der Waals surface area contributed by atoms with Crippen LogP contribution in [0.2, 0.25) is 0 Å². The third kappa shape index (κ3) is 4.64. The molecule has 0 aliphatic carbocycles. The van der Waals surface area contributed by atoms with Gasteiger partial charge in [0.1, 0.15) is 0 Å². The molecule has 0 saturated carbocycles. The van der Waals surface area contributed by atoms with E-state index < -0.39 is 5.60 Å². The lowest BCUT2D eigenvalue weighted by atomic mass is 10.1. The van der Waals surface area contributed by atoms with E-state index in [1.54, 1.807) is 18.7 Å². The van der Waals surface area contributed by atoms with E-state index in [4.69, 9.17) is 0 Å². The zero-order valence-corrected chi connectivity index (χ0v) is 11.6. The van der Waals surface area contributed by atoms with Gasteiger partial charge in [-0.2, -0.15) is 0 Å². The highest BCUT2D eigenvalue weighted by Crippen LogP contribution is 2.14. The molecule has 1 rings (SSSR count). The molecule has 1 fully saturated rings. The van der Waals surface area contributed by atoms with E-state index in [0.29, 0.717) is 13.0 Å². The molecule has 0 unspecified atom stereocenters. The summed E-state index contributed by atoms with van der Waals surface area (Å²) < 4.78 is 0. The van der Waals surface area contributed by atoms with Crippen molar-refractivity contribution < 1.29 is 9.90 Å². The van der Waals surface area contributed by atoms with Crippen LogP contribution in [-0.4, -0.2) is 59.1 Å². The molecule has 0 aromatic carbocycles. The van der Waals surface area contributed by atoms with Crippen LogP contribution in [0.3, 0.4) is 0 Å². The quantitative estimate of drug-likeness (QED) is 0.785. The van der Waals surface area contributed by atoms with E-state index in [-0.39, 0.29) is 11.9 Å². The SMILES string of the molecule is C[C@H](C(=O)N(C)CCC(C)(C)O)N1CCCC1. The number of amides is 1. The summed E-state index contributed by atoms with van der Waals surface area (Å²) in [6.45, 7) is 8.21. The Balaban J connectivity index is 2.40. The monoisotopic (exact) mass is 242 g/mol. The van der Waals surface area contributed by atoms with Crippen LogP contribution in [0.1, 0.15) is 40.0 Å². The molecule has 1 amide bonds. The Labute approximate surface area is 105 Å². The highest BCUT2D eigenvalue weighted by molar-refractivity contribution is 5.81. The second kappa shape index (κ2) is 5.83. The van der Waals surface area contributed by atoms with Gasteiger partial charge < -0.3 is 10.0 Å². The van der Waals surface area contributed by atoms with Gasteiger partial charge in [0, 0.05) is 13.6 Å². The molecule has 0 aromatic heterocycles. The summed E-state index contributed by atoms with van der Waals surface area (Å²) in [6.07, 6.45) is 3.01. The summed E-state index contributed by atoms with van der Waals surface area (Å²) in [5, 5.41) is 9.65. The normalized spacial score (nSPS) is 19.4. The van der Waals surface area contributed by atoms with Crippen molar-refractivity contribution in [1.29, 1.82) is 0 Å². The topological polar surface area (TPSA) is 43.8 Å². The van der Waals surface area contributed by atoms with Crippen LogP contribution >= 0.6 is 0 Å². The molecular weight excluding hydrogens is 216 g/mol. The van der Waals surface area contributed by atoms with Crippen molar-refractivity contribution in [3.8, 4) is 0 Å². The van der Waals surface area contributed by atoms with Gasteiger partial charge in [0.05, 0.1) is 11.6 Å². The molecule has 1 heterocycles. The van der Waals surface area contributed by atoms with Crippen LogP contribution in [0.4, 0.5) is 0 Å². The van der Waals surface area contributed by atoms with Crippen molar-refractivity contribution in [2.24, 2.45) is 0 Å². The Morgan fingerprint density at radius 2 is 1.94 bits per heavy atom. The highest BCUT2D eigenvalue weighted by Gasteiger charge is 2.26. The fraction of sp³-hybridized carbons (Fsp3) is 0.923. The number of rotatable bonds is 5. The predicted molar refractivity (Wildman–Crippen MR) is 68.8 cm³/mol. The first kappa shape index (κ1) is 14.5. The number of carbonyl (C=O) groups excluding carboxylic acids is 1. The van der Waals surface area contributed by atoms with E-state index in [1.807, 2.05) is 14.0 Å². The maximum atomic E-state index is 12.1. The summed E-state index contributed by atoms with van der Waals surface area (Å²) in [4.78, 5) is 16.1. The van der Waals surface area contributed by atoms with Gasteiger partial charge in [-0.1, -0.05) is 0 Å². The van der Waals surface area contributed by atoms with Gasteiger partial charge in [0.2, 0.25) is 5.91 Å². The van der Waals surface area contributed by atoms with Gasteiger partial charge >= 0.3 is 0 Å². The van der Waals surface area contributed by atoms with Crippen molar-refractivity contribution >= 4 is 5.91 Å². The van der Waals surface area contributed by atoms with E-state index in [2.05, 4.69) is 4.90 Å². The molecule has 100 valence electrons. The van der Waals surface area contributed by atoms with E-state index >= 15 is 0 Å². The third-order valence-corrected chi connectivity index (χ3v) is 3.48. The Morgan fingerprint density at radius 3 is 2.41 bits per heavy atom. The molecule has 0 aromatic rings. The third-order valence-electron chi connectivity index (χ3n) is 3.48. The average Bonchev–Trinajstić information content (AvgIpc) is 2.76. The van der Waals surface area contributed by atoms with E-state index in [0.717, 1.165) is 13.1 Å². The van der Waals surface area contributed by atoms with Crippen LogP contribution in [0.15, 0.2) is 0 Å². The van der Waals surface area contributed by atoms with Gasteiger partial charge in [-0.3, -0.25) is 9.69 Å². The number of likely N-dealkylation sites (N-methyl/N-ethyl adjacent to an activating group) is 1. The molecule has 0 spiro atoms. The van der Waals surface area contributed by atoms with Gasteiger partial charge in [0.25, 0.3) is 0 Å². The summed E-state index contributed by atoms with van der Waals surface area (Å²) in [5.74, 6) is 0.163. The fourth-order valence-corrected chi connectivity index (χ4v) is 2.16. The Kier molecular flexibility index (Phi) is 4.95. The number of nitrogens with zero attached hydrogens (tertiary/aromatic N) is 2. The van der Waals surface area contributed by atoms with Crippen LogP contribution in [0, 0.1) is 0 Å². The molecule has 0 bridgehead atoms. The summed E-state index contributed by atoms with van der Waals surface area (Å²) >= 11 is 0. The second-order valence-corrected chi connectivity index (χ2v) is 5.74. The summed E-state index contributed by atoms with van der Waals surface area (Å²) in [7, 11) is 1.82. The minimum absolute atomic E-state index is 0.0238. The summed E-state index contributed by atoms with van der Waals surface area (Å²) in [6, 6.07) is -0.0238. The smallest absolute Gasteiger partial charge is 0.239 e. The molecule has 1 saturated heterocycles.